The fraction of sp³-hybridized carbons (Fsp3) is 0.294. The number of ether oxygens (including phenoxy) is 1. The average Bonchev–Trinajstić information content (AvgIpc) is 2.75. The zero-order valence-corrected chi connectivity index (χ0v) is 14.1. The lowest BCUT2D eigenvalue weighted by Gasteiger charge is -2.09. The number of amides is 1. The number of fused-ring (bicyclic) bond motifs is 1. The summed E-state index contributed by atoms with van der Waals surface area (Å²) in [4.78, 5) is 24.6. The molecule has 3 N–H and O–H groups in total. The Balaban J connectivity index is 2.14. The van der Waals surface area contributed by atoms with Gasteiger partial charge < -0.3 is 15.8 Å². The van der Waals surface area contributed by atoms with Crippen LogP contribution >= 0.6 is 11.3 Å². The predicted molar refractivity (Wildman–Crippen MR) is 90.2 cm³/mol. The van der Waals surface area contributed by atoms with E-state index in [4.69, 9.17) is 10.5 Å². The topological polar surface area (TPSA) is 81.4 Å². The van der Waals surface area contributed by atoms with E-state index in [0.717, 1.165) is 36.3 Å². The summed E-state index contributed by atoms with van der Waals surface area (Å²) in [5.74, 6) is -3.21. The van der Waals surface area contributed by atoms with Gasteiger partial charge >= 0.3 is 0 Å². The van der Waals surface area contributed by atoms with Gasteiger partial charge in [-0.2, -0.15) is 0 Å². The van der Waals surface area contributed by atoms with Crippen molar-refractivity contribution in [1.82, 2.24) is 0 Å². The third-order valence-corrected chi connectivity index (χ3v) is 4.94. The van der Waals surface area contributed by atoms with Crippen LogP contribution in [0.3, 0.4) is 0 Å². The SMILES string of the molecule is NCC(=O)Nc1sc2c(c1C(=O)c1c(F)cccc1F)CCCCO2. The van der Waals surface area contributed by atoms with Crippen molar-refractivity contribution >= 4 is 28.0 Å². The molecule has 1 aromatic carbocycles. The molecule has 0 atom stereocenters. The number of thiophene rings is 1. The van der Waals surface area contributed by atoms with Crippen LogP contribution in [0.25, 0.3) is 0 Å². The minimum Gasteiger partial charge on any atom is -0.484 e. The molecular weight excluding hydrogens is 350 g/mol. The maximum atomic E-state index is 14.1. The minimum absolute atomic E-state index is 0.0766. The number of nitrogens with one attached hydrogen (secondary N) is 1. The summed E-state index contributed by atoms with van der Waals surface area (Å²) in [6, 6.07) is 3.24. The van der Waals surface area contributed by atoms with Crippen molar-refractivity contribution in [3.8, 4) is 5.06 Å². The van der Waals surface area contributed by atoms with Gasteiger partial charge in [0, 0.05) is 5.56 Å². The van der Waals surface area contributed by atoms with E-state index in [1.807, 2.05) is 0 Å². The van der Waals surface area contributed by atoms with Crippen molar-refractivity contribution in [2.75, 3.05) is 18.5 Å². The molecule has 0 saturated heterocycles. The fourth-order valence-corrected chi connectivity index (χ4v) is 3.84. The summed E-state index contributed by atoms with van der Waals surface area (Å²) in [5, 5.41) is 3.23. The third kappa shape index (κ3) is 3.40. The molecule has 3 rings (SSSR count). The van der Waals surface area contributed by atoms with Gasteiger partial charge in [-0.15, -0.1) is 0 Å². The van der Waals surface area contributed by atoms with E-state index >= 15 is 0 Å². The fourth-order valence-electron chi connectivity index (χ4n) is 2.70. The Morgan fingerprint density at radius 2 is 1.92 bits per heavy atom. The van der Waals surface area contributed by atoms with Gasteiger partial charge in [0.1, 0.15) is 16.6 Å². The van der Waals surface area contributed by atoms with Crippen molar-refractivity contribution in [3.63, 3.8) is 0 Å². The lowest BCUT2D eigenvalue weighted by atomic mass is 9.97. The molecule has 2 heterocycles. The number of carbonyl (C=O) groups is 2. The molecule has 0 aliphatic carbocycles. The molecule has 1 aliphatic rings. The maximum Gasteiger partial charge on any atom is 0.238 e. The number of ketones is 1. The highest BCUT2D eigenvalue weighted by atomic mass is 32.1. The number of hydrogen-bond acceptors (Lipinski definition) is 5. The van der Waals surface area contributed by atoms with Crippen LogP contribution in [0.4, 0.5) is 13.8 Å². The second-order valence-corrected chi connectivity index (χ2v) is 6.54. The molecule has 0 radical (unpaired) electrons. The first-order chi connectivity index (χ1) is 12.0. The maximum absolute atomic E-state index is 14.1. The molecule has 2 aromatic rings. The molecular formula is C17H16F2N2O3S. The van der Waals surface area contributed by atoms with Gasteiger partial charge in [-0.3, -0.25) is 9.59 Å². The smallest absolute Gasteiger partial charge is 0.238 e. The second-order valence-electron chi connectivity index (χ2n) is 5.56. The van der Waals surface area contributed by atoms with Crippen LogP contribution in [0.1, 0.15) is 34.3 Å². The van der Waals surface area contributed by atoms with Gasteiger partial charge in [0.15, 0.2) is 5.06 Å². The number of nitrogens with two attached hydrogens (primary N) is 1. The summed E-state index contributed by atoms with van der Waals surface area (Å²) < 4.78 is 33.8. The lowest BCUT2D eigenvalue weighted by molar-refractivity contribution is -0.114. The highest BCUT2D eigenvalue weighted by molar-refractivity contribution is 7.18. The summed E-state index contributed by atoms with van der Waals surface area (Å²) >= 11 is 1.08. The average molecular weight is 366 g/mol. The van der Waals surface area contributed by atoms with Crippen LogP contribution in [0.2, 0.25) is 0 Å². The highest BCUT2D eigenvalue weighted by Crippen LogP contribution is 2.43. The quantitative estimate of drug-likeness (QED) is 0.816. The molecule has 0 bridgehead atoms. The van der Waals surface area contributed by atoms with Crippen LogP contribution in [-0.2, 0) is 11.2 Å². The van der Waals surface area contributed by atoms with E-state index in [1.165, 1.54) is 6.07 Å². The zero-order valence-electron chi connectivity index (χ0n) is 13.2. The Labute approximate surface area is 146 Å². The predicted octanol–water partition coefficient (Wildman–Crippen LogP) is 2.87. The number of carbonyl (C=O) groups excluding carboxylic acids is 2. The van der Waals surface area contributed by atoms with Crippen molar-refractivity contribution in [3.05, 3.63) is 46.5 Å². The van der Waals surface area contributed by atoms with Crippen LogP contribution < -0.4 is 15.8 Å². The standard InChI is InChI=1S/C17H16F2N2O3S/c18-10-5-3-6-11(19)14(10)15(23)13-9-4-1-2-7-24-17(9)25-16(13)21-12(22)8-20/h3,5-6H,1-2,4,7-8,20H2,(H,21,22). The van der Waals surface area contributed by atoms with Crippen molar-refractivity contribution in [2.45, 2.75) is 19.3 Å². The summed E-state index contributed by atoms with van der Waals surface area (Å²) in [6.45, 7) is 0.213. The Hall–Kier alpha value is -2.32. The van der Waals surface area contributed by atoms with Gasteiger partial charge in [0.05, 0.1) is 24.3 Å². The van der Waals surface area contributed by atoms with Crippen LogP contribution in [0.15, 0.2) is 18.2 Å². The number of benzene rings is 1. The summed E-state index contributed by atoms with van der Waals surface area (Å²) in [7, 11) is 0. The molecule has 25 heavy (non-hydrogen) atoms. The van der Waals surface area contributed by atoms with E-state index in [0.29, 0.717) is 23.7 Å². The Kier molecular flexibility index (Phi) is 5.10. The highest BCUT2D eigenvalue weighted by Gasteiger charge is 2.30. The van der Waals surface area contributed by atoms with Crippen molar-refractivity contribution < 1.29 is 23.1 Å². The third-order valence-electron chi connectivity index (χ3n) is 3.88. The number of anilines is 1. The van der Waals surface area contributed by atoms with Gasteiger partial charge in [0.25, 0.3) is 0 Å². The van der Waals surface area contributed by atoms with E-state index in [-0.39, 0.29) is 17.1 Å². The van der Waals surface area contributed by atoms with Crippen LogP contribution in [-0.4, -0.2) is 24.8 Å². The molecule has 0 fully saturated rings. The molecule has 0 saturated carbocycles. The normalized spacial score (nSPS) is 13.6. The zero-order chi connectivity index (χ0) is 18.0. The molecule has 0 spiro atoms. The molecule has 8 heteroatoms. The first kappa shape index (κ1) is 17.5. The van der Waals surface area contributed by atoms with Crippen molar-refractivity contribution in [1.29, 1.82) is 0 Å². The molecule has 1 aliphatic heterocycles. The van der Waals surface area contributed by atoms with Crippen LogP contribution in [0, 0.1) is 11.6 Å². The van der Waals surface area contributed by atoms with E-state index in [9.17, 15) is 18.4 Å². The first-order valence-corrected chi connectivity index (χ1v) is 8.61. The van der Waals surface area contributed by atoms with Gasteiger partial charge in [-0.1, -0.05) is 17.4 Å². The Morgan fingerprint density at radius 3 is 2.60 bits per heavy atom. The summed E-state index contributed by atoms with van der Waals surface area (Å²) in [6.07, 6.45) is 2.11. The Morgan fingerprint density at radius 1 is 1.20 bits per heavy atom. The van der Waals surface area contributed by atoms with Gasteiger partial charge in [-0.25, -0.2) is 8.78 Å². The van der Waals surface area contributed by atoms with Crippen LogP contribution in [0.5, 0.6) is 5.06 Å². The molecule has 5 nitrogen and oxygen atoms in total. The molecule has 1 amide bonds. The summed E-state index contributed by atoms with van der Waals surface area (Å²) in [5.41, 5.74) is 5.31. The molecule has 132 valence electrons. The second kappa shape index (κ2) is 7.28. The molecule has 0 unspecified atom stereocenters. The molecule has 1 aromatic heterocycles. The monoisotopic (exact) mass is 366 g/mol. The lowest BCUT2D eigenvalue weighted by Crippen LogP contribution is -2.22. The minimum atomic E-state index is -0.949. The van der Waals surface area contributed by atoms with Gasteiger partial charge in [0.2, 0.25) is 11.7 Å². The number of rotatable bonds is 4. The Bertz CT molecular complexity index is 815. The largest absolute Gasteiger partial charge is 0.484 e. The van der Waals surface area contributed by atoms with Crippen molar-refractivity contribution in [2.24, 2.45) is 5.73 Å². The first-order valence-electron chi connectivity index (χ1n) is 7.80. The van der Waals surface area contributed by atoms with Gasteiger partial charge in [-0.05, 0) is 31.4 Å². The van der Waals surface area contributed by atoms with E-state index < -0.39 is 28.9 Å². The number of halogens is 2. The number of hydrogen-bond donors (Lipinski definition) is 2. The van der Waals surface area contributed by atoms with E-state index in [2.05, 4.69) is 5.32 Å². The van der Waals surface area contributed by atoms with E-state index in [1.54, 1.807) is 0 Å².